The number of benzene rings is 1. The molecular formula is C13H12Cl3N3O3S. The zero-order valence-corrected chi connectivity index (χ0v) is 15.2. The van der Waals surface area contributed by atoms with Gasteiger partial charge in [0.2, 0.25) is 5.13 Å². The number of rotatable bonds is 5. The van der Waals surface area contributed by atoms with E-state index in [1.54, 1.807) is 20.3 Å². The molecule has 23 heavy (non-hydrogen) atoms. The highest BCUT2D eigenvalue weighted by atomic mass is 35.6. The van der Waals surface area contributed by atoms with Crippen molar-refractivity contribution in [2.45, 2.75) is 10.2 Å². The molecule has 0 aliphatic rings. The maximum Gasteiger partial charge on any atom is 0.278 e. The van der Waals surface area contributed by atoms with E-state index >= 15 is 0 Å². The smallest absolute Gasteiger partial charge is 0.278 e. The van der Waals surface area contributed by atoms with E-state index in [0.29, 0.717) is 22.9 Å². The van der Waals surface area contributed by atoms with Crippen LogP contribution in [0.5, 0.6) is 11.5 Å². The maximum absolute atomic E-state index is 11.6. The molecule has 0 bridgehead atoms. The van der Waals surface area contributed by atoms with Gasteiger partial charge in [-0.2, -0.15) is 0 Å². The summed E-state index contributed by atoms with van der Waals surface area (Å²) in [4.78, 5) is 11.6. The topological polar surface area (TPSA) is 73.3 Å². The van der Waals surface area contributed by atoms with Crippen molar-refractivity contribution in [2.24, 2.45) is 0 Å². The average Bonchev–Trinajstić information content (AvgIpc) is 2.93. The van der Waals surface area contributed by atoms with Gasteiger partial charge >= 0.3 is 0 Å². The van der Waals surface area contributed by atoms with Crippen molar-refractivity contribution in [3.05, 3.63) is 28.8 Å². The molecule has 6 nitrogen and oxygen atoms in total. The molecule has 1 heterocycles. The number of methoxy groups -OCH3 is 2. The van der Waals surface area contributed by atoms with Gasteiger partial charge in [0.15, 0.2) is 11.5 Å². The van der Waals surface area contributed by atoms with E-state index in [2.05, 4.69) is 15.5 Å². The third kappa shape index (κ3) is 4.84. The third-order valence-electron chi connectivity index (χ3n) is 2.75. The van der Waals surface area contributed by atoms with Crippen LogP contribution in [-0.4, -0.2) is 34.1 Å². The minimum atomic E-state index is -2.05. The monoisotopic (exact) mass is 395 g/mol. The fraction of sp³-hybridized carbons (Fsp3) is 0.308. The molecule has 1 amide bonds. The molecule has 0 unspecified atom stereocenters. The van der Waals surface area contributed by atoms with Crippen molar-refractivity contribution in [1.82, 2.24) is 10.2 Å². The van der Waals surface area contributed by atoms with Gasteiger partial charge in [-0.15, -0.1) is 10.2 Å². The van der Waals surface area contributed by atoms with Gasteiger partial charge in [-0.25, -0.2) is 0 Å². The zero-order chi connectivity index (χ0) is 17.0. The Morgan fingerprint density at radius 1 is 1.22 bits per heavy atom. The minimum Gasteiger partial charge on any atom is -0.493 e. The first-order chi connectivity index (χ1) is 10.8. The van der Waals surface area contributed by atoms with Crippen LogP contribution in [-0.2, 0) is 11.2 Å². The van der Waals surface area contributed by atoms with E-state index in [1.165, 1.54) is 11.3 Å². The van der Waals surface area contributed by atoms with E-state index in [1.807, 2.05) is 12.1 Å². The summed E-state index contributed by atoms with van der Waals surface area (Å²) in [6.45, 7) is 0. The molecule has 0 spiro atoms. The van der Waals surface area contributed by atoms with Gasteiger partial charge < -0.3 is 9.47 Å². The second-order valence-electron chi connectivity index (χ2n) is 4.32. The van der Waals surface area contributed by atoms with Gasteiger partial charge in [-0.05, 0) is 17.7 Å². The number of anilines is 1. The number of nitrogens with zero attached hydrogens (tertiary/aromatic N) is 2. The van der Waals surface area contributed by atoms with Crippen LogP contribution in [0, 0.1) is 0 Å². The minimum absolute atomic E-state index is 0.261. The molecule has 0 saturated heterocycles. The first kappa shape index (κ1) is 18.1. The number of alkyl halides is 3. The van der Waals surface area contributed by atoms with E-state index < -0.39 is 9.70 Å². The van der Waals surface area contributed by atoms with Gasteiger partial charge in [0.1, 0.15) is 5.01 Å². The van der Waals surface area contributed by atoms with Crippen molar-refractivity contribution in [3.63, 3.8) is 0 Å². The first-order valence-electron chi connectivity index (χ1n) is 6.25. The molecule has 0 aliphatic carbocycles. The van der Waals surface area contributed by atoms with Crippen molar-refractivity contribution >= 4 is 57.2 Å². The lowest BCUT2D eigenvalue weighted by Crippen LogP contribution is -2.26. The molecule has 0 fully saturated rings. The largest absolute Gasteiger partial charge is 0.493 e. The summed E-state index contributed by atoms with van der Waals surface area (Å²) in [7, 11) is 3.14. The van der Waals surface area contributed by atoms with E-state index in [9.17, 15) is 4.79 Å². The summed E-state index contributed by atoms with van der Waals surface area (Å²) in [6, 6.07) is 5.54. The van der Waals surface area contributed by atoms with Gasteiger partial charge in [0.25, 0.3) is 9.70 Å². The second-order valence-corrected chi connectivity index (χ2v) is 7.66. The van der Waals surface area contributed by atoms with Crippen LogP contribution in [0.15, 0.2) is 18.2 Å². The van der Waals surface area contributed by atoms with Crippen molar-refractivity contribution in [1.29, 1.82) is 0 Å². The molecule has 1 aromatic heterocycles. The van der Waals surface area contributed by atoms with E-state index in [4.69, 9.17) is 44.3 Å². The summed E-state index contributed by atoms with van der Waals surface area (Å²) in [5, 5.41) is 11.2. The fourth-order valence-corrected chi connectivity index (χ4v) is 2.62. The Morgan fingerprint density at radius 2 is 1.91 bits per heavy atom. The molecule has 2 aromatic rings. The van der Waals surface area contributed by atoms with Gasteiger partial charge in [0.05, 0.1) is 14.2 Å². The molecule has 2 rings (SSSR count). The number of carbonyl (C=O) groups is 1. The molecule has 0 saturated carbocycles. The number of nitrogens with one attached hydrogen (secondary N) is 1. The molecule has 1 aromatic carbocycles. The molecule has 124 valence electrons. The van der Waals surface area contributed by atoms with Crippen LogP contribution < -0.4 is 14.8 Å². The van der Waals surface area contributed by atoms with Crippen LogP contribution in [0.3, 0.4) is 0 Å². The lowest BCUT2D eigenvalue weighted by Gasteiger charge is -2.08. The number of hydrogen-bond donors (Lipinski definition) is 1. The number of halogens is 3. The maximum atomic E-state index is 11.6. The van der Waals surface area contributed by atoms with Gasteiger partial charge in [0, 0.05) is 6.42 Å². The molecule has 0 radical (unpaired) electrons. The first-order valence-corrected chi connectivity index (χ1v) is 8.20. The highest BCUT2D eigenvalue weighted by Gasteiger charge is 2.31. The molecular weight excluding hydrogens is 385 g/mol. The number of carbonyl (C=O) groups excluding carboxylic acids is 1. The summed E-state index contributed by atoms with van der Waals surface area (Å²) >= 11 is 17.6. The van der Waals surface area contributed by atoms with Gasteiger partial charge in [-0.3, -0.25) is 10.1 Å². The predicted molar refractivity (Wildman–Crippen MR) is 91.2 cm³/mol. The quantitative estimate of drug-likeness (QED) is 0.784. The van der Waals surface area contributed by atoms with Gasteiger partial charge in [-0.1, -0.05) is 52.2 Å². The van der Waals surface area contributed by atoms with Crippen LogP contribution in [0.2, 0.25) is 0 Å². The third-order valence-corrected chi connectivity index (χ3v) is 4.10. The number of amides is 1. The van der Waals surface area contributed by atoms with Crippen LogP contribution in [0.1, 0.15) is 10.6 Å². The number of ether oxygens (including phenoxy) is 2. The highest BCUT2D eigenvalue weighted by Crippen LogP contribution is 2.30. The van der Waals surface area contributed by atoms with Crippen molar-refractivity contribution in [3.8, 4) is 11.5 Å². The molecule has 0 aliphatic heterocycles. The molecule has 1 N–H and O–H groups in total. The molecule has 10 heteroatoms. The summed E-state index contributed by atoms with van der Waals surface area (Å²) in [5.74, 6) is 0.486. The average molecular weight is 397 g/mol. The Balaban J connectivity index is 2.09. The number of aromatic nitrogens is 2. The summed E-state index contributed by atoms with van der Waals surface area (Å²) in [5.41, 5.74) is 0.957. The summed E-state index contributed by atoms with van der Waals surface area (Å²) in [6.07, 6.45) is 0.516. The normalized spacial score (nSPS) is 11.2. The second kappa shape index (κ2) is 7.53. The molecule has 0 atom stereocenters. The Hall–Kier alpha value is -1.28. The van der Waals surface area contributed by atoms with E-state index in [0.717, 1.165) is 5.56 Å². The Kier molecular flexibility index (Phi) is 5.91. The van der Waals surface area contributed by atoms with Crippen molar-refractivity contribution in [2.75, 3.05) is 19.5 Å². The highest BCUT2D eigenvalue weighted by molar-refractivity contribution is 7.15. The fourth-order valence-electron chi connectivity index (χ4n) is 1.71. The lowest BCUT2D eigenvalue weighted by molar-refractivity contribution is -0.115. The van der Waals surface area contributed by atoms with Crippen molar-refractivity contribution < 1.29 is 14.3 Å². The number of hydrogen-bond acceptors (Lipinski definition) is 6. The zero-order valence-electron chi connectivity index (χ0n) is 12.1. The standard InChI is InChI=1S/C13H12Cl3N3O3S/c1-21-8-4-3-7(5-9(8)22-2)6-10-18-19-12(23-10)17-11(20)13(14,15)16/h3-5H,6H2,1-2H3,(H,17,19,20). The van der Waals surface area contributed by atoms with Crippen LogP contribution in [0.4, 0.5) is 5.13 Å². The Morgan fingerprint density at radius 3 is 2.52 bits per heavy atom. The van der Waals surface area contributed by atoms with E-state index in [-0.39, 0.29) is 5.13 Å². The summed E-state index contributed by atoms with van der Waals surface area (Å²) < 4.78 is 8.39. The Bertz CT molecular complexity index is 703. The van der Waals surface area contributed by atoms with Crippen LogP contribution in [0.25, 0.3) is 0 Å². The van der Waals surface area contributed by atoms with Crippen LogP contribution >= 0.6 is 46.1 Å². The predicted octanol–water partition coefficient (Wildman–Crippen LogP) is 3.45. The Labute approximate surface area is 151 Å². The SMILES string of the molecule is COc1ccc(Cc2nnc(NC(=O)C(Cl)(Cl)Cl)s2)cc1OC. The lowest BCUT2D eigenvalue weighted by atomic mass is 10.1.